The predicted molar refractivity (Wildman–Crippen MR) is 136 cm³/mol. The van der Waals surface area contributed by atoms with E-state index in [1.54, 1.807) is 31.5 Å². The Labute approximate surface area is 219 Å². The van der Waals surface area contributed by atoms with Crippen LogP contribution in [0, 0.1) is 12.3 Å². The van der Waals surface area contributed by atoms with Crippen LogP contribution in [0.3, 0.4) is 0 Å². The van der Waals surface area contributed by atoms with E-state index in [2.05, 4.69) is 24.7 Å². The molecule has 200 valence electrons. The fourth-order valence-corrected chi connectivity index (χ4v) is 5.50. The number of pyridine rings is 2. The minimum atomic E-state index is -3.02. The van der Waals surface area contributed by atoms with Crippen LogP contribution in [-0.4, -0.2) is 57.1 Å². The number of hydrogen-bond acceptors (Lipinski definition) is 8. The van der Waals surface area contributed by atoms with Gasteiger partial charge in [-0.2, -0.15) is 13.8 Å². The van der Waals surface area contributed by atoms with Crippen molar-refractivity contribution in [3.63, 3.8) is 0 Å². The molecule has 9 nitrogen and oxygen atoms in total. The maximum Gasteiger partial charge on any atom is 0.388 e. The maximum absolute atomic E-state index is 13.5. The number of aromatic nitrogens is 4. The summed E-state index contributed by atoms with van der Waals surface area (Å²) in [5.41, 5.74) is 9.43. The minimum Gasteiger partial charge on any atom is -0.481 e. The van der Waals surface area contributed by atoms with Crippen LogP contribution < -0.4 is 15.2 Å². The average molecular weight is 525 g/mol. The van der Waals surface area contributed by atoms with E-state index in [-0.39, 0.29) is 29.1 Å². The standard InChI is InChI=1S/C27H30F2N6O3/c1-15(18-12-21(37-3)34-22(13-18)38-26(28)29)25(36)35-10-7-27(14-20(27)35)6-5-17-11-19(16(2)33-23(17)30)24-31-8-4-9-32-24/h4,8-9,11-13,15,20,26H,5-7,10,14H2,1-3H3,(H2,30,33)/t15-,20?,27-/m1/s1. The molecule has 0 radical (unpaired) electrons. The van der Waals surface area contributed by atoms with Crippen LogP contribution >= 0.6 is 0 Å². The number of nitrogens with two attached hydrogens (primary N) is 1. The summed E-state index contributed by atoms with van der Waals surface area (Å²) in [6, 6.07) is 6.89. The van der Waals surface area contributed by atoms with Crippen molar-refractivity contribution in [1.29, 1.82) is 0 Å². The quantitative estimate of drug-likeness (QED) is 0.444. The van der Waals surface area contributed by atoms with Crippen molar-refractivity contribution >= 4 is 11.7 Å². The number of halogens is 2. The van der Waals surface area contributed by atoms with E-state index in [4.69, 9.17) is 10.5 Å². The molecule has 0 bridgehead atoms. The lowest BCUT2D eigenvalue weighted by Gasteiger charge is -2.23. The van der Waals surface area contributed by atoms with E-state index in [1.807, 2.05) is 17.9 Å². The molecular formula is C27H30F2N6O3. The van der Waals surface area contributed by atoms with Gasteiger partial charge in [0.05, 0.1) is 18.7 Å². The SMILES string of the molecule is COc1cc([C@@H](C)C(=O)N2CC[C@]3(CCc4cc(-c5ncccn5)c(C)nc4N)CC23)cc(OC(F)F)n1. The number of fused-ring (bicyclic) bond motifs is 1. The van der Waals surface area contributed by atoms with Gasteiger partial charge in [0.2, 0.25) is 17.7 Å². The number of anilines is 1. The van der Waals surface area contributed by atoms with Gasteiger partial charge in [0.15, 0.2) is 5.82 Å². The zero-order valence-corrected chi connectivity index (χ0v) is 21.5. The van der Waals surface area contributed by atoms with Gasteiger partial charge in [0.25, 0.3) is 0 Å². The third kappa shape index (κ3) is 4.97. The number of rotatable bonds is 9. The molecule has 3 atom stereocenters. The summed E-state index contributed by atoms with van der Waals surface area (Å²) in [6.07, 6.45) is 6.86. The molecule has 11 heteroatoms. The van der Waals surface area contributed by atoms with Crippen LogP contribution in [0.15, 0.2) is 36.7 Å². The Balaban J connectivity index is 1.27. The molecule has 3 aromatic heterocycles. The van der Waals surface area contributed by atoms with Gasteiger partial charge >= 0.3 is 6.61 Å². The molecule has 3 aromatic rings. The van der Waals surface area contributed by atoms with Gasteiger partial charge in [-0.25, -0.2) is 15.0 Å². The topological polar surface area (TPSA) is 116 Å². The van der Waals surface area contributed by atoms with E-state index in [9.17, 15) is 13.6 Å². The summed E-state index contributed by atoms with van der Waals surface area (Å²) in [5, 5.41) is 0. The molecule has 1 saturated heterocycles. The molecule has 0 spiro atoms. The van der Waals surface area contributed by atoms with Crippen LogP contribution in [0.2, 0.25) is 0 Å². The van der Waals surface area contributed by atoms with Crippen LogP contribution in [0.25, 0.3) is 11.4 Å². The Morgan fingerprint density at radius 3 is 2.63 bits per heavy atom. The molecule has 2 fully saturated rings. The molecule has 38 heavy (non-hydrogen) atoms. The lowest BCUT2D eigenvalue weighted by Crippen LogP contribution is -2.34. The van der Waals surface area contributed by atoms with Gasteiger partial charge in [0, 0.05) is 42.7 Å². The molecule has 1 amide bonds. The van der Waals surface area contributed by atoms with Crippen molar-refractivity contribution in [2.45, 2.75) is 58.1 Å². The number of likely N-dealkylation sites (tertiary alicyclic amines) is 1. The number of nitrogen functional groups attached to an aromatic ring is 1. The van der Waals surface area contributed by atoms with E-state index < -0.39 is 12.5 Å². The summed E-state index contributed by atoms with van der Waals surface area (Å²) in [6.45, 7) is 1.29. The normalized spacial score (nSPS) is 20.8. The van der Waals surface area contributed by atoms with Gasteiger partial charge in [0.1, 0.15) is 5.82 Å². The second kappa shape index (κ2) is 10.1. The number of aryl methyl sites for hydroxylation is 2. The number of methoxy groups -OCH3 is 1. The Kier molecular flexibility index (Phi) is 6.85. The Morgan fingerprint density at radius 1 is 1.21 bits per heavy atom. The highest BCUT2D eigenvalue weighted by Crippen LogP contribution is 2.60. The highest BCUT2D eigenvalue weighted by Gasteiger charge is 2.61. The number of alkyl halides is 2. The fraction of sp³-hybridized carbons (Fsp3) is 0.444. The second-order valence-electron chi connectivity index (χ2n) is 9.98. The Bertz CT molecular complexity index is 1340. The van der Waals surface area contributed by atoms with E-state index >= 15 is 0 Å². The van der Waals surface area contributed by atoms with Gasteiger partial charge in [-0.15, -0.1) is 0 Å². The van der Waals surface area contributed by atoms with Crippen LogP contribution in [0.5, 0.6) is 11.8 Å². The van der Waals surface area contributed by atoms with Crippen molar-refractivity contribution in [1.82, 2.24) is 24.8 Å². The maximum atomic E-state index is 13.5. The lowest BCUT2D eigenvalue weighted by molar-refractivity contribution is -0.132. The molecule has 2 aliphatic rings. The summed E-state index contributed by atoms with van der Waals surface area (Å²) in [5.74, 6) is 0.344. The zero-order valence-electron chi connectivity index (χ0n) is 21.5. The monoisotopic (exact) mass is 524 g/mol. The first-order valence-corrected chi connectivity index (χ1v) is 12.6. The average Bonchev–Trinajstić information content (AvgIpc) is 3.50. The highest BCUT2D eigenvalue weighted by atomic mass is 19.3. The van der Waals surface area contributed by atoms with Crippen molar-refractivity contribution in [3.05, 3.63) is 53.5 Å². The number of ether oxygens (including phenoxy) is 2. The number of hydrogen-bond donors (Lipinski definition) is 1. The summed E-state index contributed by atoms with van der Waals surface area (Å²) < 4.78 is 35.1. The molecule has 5 rings (SSSR count). The zero-order chi connectivity index (χ0) is 27.0. The Morgan fingerprint density at radius 2 is 1.95 bits per heavy atom. The van der Waals surface area contributed by atoms with Gasteiger partial charge in [-0.3, -0.25) is 4.79 Å². The smallest absolute Gasteiger partial charge is 0.388 e. The van der Waals surface area contributed by atoms with Crippen molar-refractivity contribution < 1.29 is 23.0 Å². The molecule has 0 aromatic carbocycles. The summed E-state index contributed by atoms with van der Waals surface area (Å²) in [7, 11) is 1.38. The second-order valence-corrected chi connectivity index (χ2v) is 9.98. The number of carbonyl (C=O) groups is 1. The predicted octanol–water partition coefficient (Wildman–Crippen LogP) is 4.16. The third-order valence-corrected chi connectivity index (χ3v) is 7.77. The van der Waals surface area contributed by atoms with Gasteiger partial charge in [-0.1, -0.05) is 0 Å². The fourth-order valence-electron chi connectivity index (χ4n) is 5.50. The lowest BCUT2D eigenvalue weighted by atomic mass is 9.94. The highest BCUT2D eigenvalue weighted by molar-refractivity contribution is 5.84. The first-order chi connectivity index (χ1) is 18.2. The van der Waals surface area contributed by atoms with Crippen LogP contribution in [0.1, 0.15) is 48.9 Å². The number of nitrogens with zero attached hydrogens (tertiary/aromatic N) is 5. The molecule has 1 saturated carbocycles. The third-order valence-electron chi connectivity index (χ3n) is 7.77. The number of piperidine rings is 1. The summed E-state index contributed by atoms with van der Waals surface area (Å²) in [4.78, 5) is 32.5. The number of amides is 1. The van der Waals surface area contributed by atoms with Crippen molar-refractivity contribution in [2.24, 2.45) is 5.41 Å². The first kappa shape index (κ1) is 25.7. The first-order valence-electron chi connectivity index (χ1n) is 12.6. The van der Waals surface area contributed by atoms with Gasteiger partial charge < -0.3 is 20.1 Å². The Hall–Kier alpha value is -3.89. The van der Waals surface area contributed by atoms with E-state index in [1.165, 1.54) is 13.2 Å². The van der Waals surface area contributed by atoms with E-state index in [0.717, 1.165) is 42.5 Å². The van der Waals surface area contributed by atoms with Crippen molar-refractivity contribution in [3.8, 4) is 23.1 Å². The molecule has 1 aliphatic carbocycles. The number of carbonyl (C=O) groups excluding carboxylic acids is 1. The largest absolute Gasteiger partial charge is 0.481 e. The minimum absolute atomic E-state index is 0.0503. The molecule has 4 heterocycles. The van der Waals surface area contributed by atoms with Crippen LogP contribution in [-0.2, 0) is 11.2 Å². The van der Waals surface area contributed by atoms with Crippen molar-refractivity contribution in [2.75, 3.05) is 19.4 Å². The molecular weight excluding hydrogens is 494 g/mol. The van der Waals surface area contributed by atoms with Gasteiger partial charge in [-0.05, 0) is 68.2 Å². The summed E-state index contributed by atoms with van der Waals surface area (Å²) >= 11 is 0. The molecule has 1 unspecified atom stereocenters. The molecule has 2 N–H and O–H groups in total. The van der Waals surface area contributed by atoms with E-state index in [0.29, 0.717) is 23.8 Å². The van der Waals surface area contributed by atoms with Crippen LogP contribution in [0.4, 0.5) is 14.6 Å². The molecule has 1 aliphatic heterocycles.